The van der Waals surface area contributed by atoms with Crippen molar-refractivity contribution in [2.24, 2.45) is 5.73 Å². The molecule has 1 aromatic heterocycles. The van der Waals surface area contributed by atoms with Gasteiger partial charge in [0.05, 0.1) is 19.2 Å². The zero-order valence-corrected chi connectivity index (χ0v) is 17.5. The van der Waals surface area contributed by atoms with Crippen LogP contribution in [0.3, 0.4) is 0 Å². The van der Waals surface area contributed by atoms with Gasteiger partial charge in [0.25, 0.3) is 5.56 Å². The Kier molecular flexibility index (Phi) is 5.90. The van der Waals surface area contributed by atoms with E-state index in [1.165, 1.54) is 20.8 Å². The van der Waals surface area contributed by atoms with Gasteiger partial charge in [0.1, 0.15) is 6.54 Å². The van der Waals surface area contributed by atoms with Gasteiger partial charge in [0, 0.05) is 17.6 Å². The second kappa shape index (κ2) is 8.76. The summed E-state index contributed by atoms with van der Waals surface area (Å²) < 4.78 is 1.41. The van der Waals surface area contributed by atoms with E-state index in [4.69, 9.17) is 16.0 Å². The molecule has 10 heteroatoms. The summed E-state index contributed by atoms with van der Waals surface area (Å²) in [4.78, 5) is 35.1. The molecule has 1 fully saturated rings. The molecular formula is C21H27N7O3. The van der Waals surface area contributed by atoms with Crippen LogP contribution in [-0.2, 0) is 29.0 Å². The molecule has 1 atom stereocenters. The summed E-state index contributed by atoms with van der Waals surface area (Å²) >= 11 is 0. The number of carbonyl (C=O) groups excluding carboxylic acids is 1. The smallest absolute Gasteiger partial charge is 0.294 e. The van der Waals surface area contributed by atoms with E-state index in [0.29, 0.717) is 18.7 Å². The monoisotopic (exact) mass is 425 g/mol. The highest BCUT2D eigenvalue weighted by Gasteiger charge is 2.23. The quantitative estimate of drug-likeness (QED) is 0.410. The van der Waals surface area contributed by atoms with Crippen LogP contribution in [0.25, 0.3) is 0 Å². The van der Waals surface area contributed by atoms with Crippen LogP contribution in [0.15, 0.2) is 29.2 Å². The van der Waals surface area contributed by atoms with Crippen LogP contribution in [0.1, 0.15) is 29.7 Å². The van der Waals surface area contributed by atoms with Gasteiger partial charge in [-0.1, -0.05) is 6.07 Å². The van der Waals surface area contributed by atoms with Crippen LogP contribution >= 0.6 is 0 Å². The molecule has 1 unspecified atom stereocenters. The van der Waals surface area contributed by atoms with Gasteiger partial charge in [0.15, 0.2) is 5.82 Å². The molecule has 4 rings (SSSR count). The fourth-order valence-electron chi connectivity index (χ4n) is 3.96. The van der Waals surface area contributed by atoms with E-state index < -0.39 is 0 Å². The number of nitrogens with zero attached hydrogens (tertiary/aromatic N) is 3. The number of carbonyl (C=O) groups is 1. The highest BCUT2D eigenvalue weighted by atomic mass is 16.7. The Morgan fingerprint density at radius 1 is 1.35 bits per heavy atom. The van der Waals surface area contributed by atoms with Gasteiger partial charge < -0.3 is 16.4 Å². The minimum Gasteiger partial charge on any atom is -0.368 e. The Balaban J connectivity index is 1.42. The lowest BCUT2D eigenvalue weighted by Crippen LogP contribution is -2.50. The van der Waals surface area contributed by atoms with Crippen LogP contribution in [0.2, 0.25) is 0 Å². The summed E-state index contributed by atoms with van der Waals surface area (Å²) in [6.07, 6.45) is 5.48. The number of aryl methyl sites for hydroxylation is 3. The maximum absolute atomic E-state index is 13.0. The maximum Gasteiger partial charge on any atom is 0.294 e. The molecule has 0 radical (unpaired) electrons. The van der Waals surface area contributed by atoms with Gasteiger partial charge >= 0.3 is 0 Å². The van der Waals surface area contributed by atoms with Crippen LogP contribution in [-0.4, -0.2) is 45.7 Å². The molecule has 0 bridgehead atoms. The number of anilines is 2. The van der Waals surface area contributed by atoms with Gasteiger partial charge in [-0.25, -0.2) is 10.0 Å². The van der Waals surface area contributed by atoms with Crippen LogP contribution < -0.4 is 21.9 Å². The van der Waals surface area contributed by atoms with Crippen molar-refractivity contribution in [2.75, 3.05) is 18.5 Å². The molecule has 10 nitrogen and oxygen atoms in total. The van der Waals surface area contributed by atoms with Crippen LogP contribution in [0.4, 0.5) is 11.5 Å². The third-order valence-electron chi connectivity index (χ3n) is 5.66. The third kappa shape index (κ3) is 4.69. The Bertz CT molecular complexity index is 1060. The standard InChI is InChI=1S/C21H27N7O3/c1-13-10-24-19(26-16-6-5-14-3-2-4-15(14)9-16)20(30)27(13)11-18(29)25-17-7-8-28(21(22)23)31-12-17/h5-6,9-10,17H,2-4,7-8,11-12H2,1H3,(H3,22,23)(H,24,26)(H,25,29). The minimum atomic E-state index is -0.349. The fraction of sp³-hybridized carbons (Fsp3) is 0.429. The van der Waals surface area contributed by atoms with Crippen LogP contribution in [0, 0.1) is 12.3 Å². The molecule has 1 aliphatic carbocycles. The first-order valence-electron chi connectivity index (χ1n) is 10.4. The summed E-state index contributed by atoms with van der Waals surface area (Å²) in [6.45, 7) is 2.28. The molecule has 1 saturated heterocycles. The van der Waals surface area contributed by atoms with Crippen molar-refractivity contribution in [1.29, 1.82) is 5.41 Å². The van der Waals surface area contributed by atoms with E-state index in [-0.39, 0.29) is 42.4 Å². The Morgan fingerprint density at radius 3 is 2.90 bits per heavy atom. The van der Waals surface area contributed by atoms with E-state index in [2.05, 4.69) is 27.8 Å². The van der Waals surface area contributed by atoms with Gasteiger partial charge in [-0.15, -0.1) is 0 Å². The molecular weight excluding hydrogens is 398 g/mol. The molecule has 1 amide bonds. The summed E-state index contributed by atoms with van der Waals surface area (Å²) in [6, 6.07) is 5.90. The lowest BCUT2D eigenvalue weighted by molar-refractivity contribution is -0.143. The second-order valence-electron chi connectivity index (χ2n) is 7.94. The Labute approximate surface area is 179 Å². The van der Waals surface area contributed by atoms with E-state index in [1.54, 1.807) is 13.1 Å². The fourth-order valence-corrected chi connectivity index (χ4v) is 3.96. The average Bonchev–Trinajstić information content (AvgIpc) is 3.21. The van der Waals surface area contributed by atoms with Crippen LogP contribution in [0.5, 0.6) is 0 Å². The predicted octanol–water partition coefficient (Wildman–Crippen LogP) is 0.800. The van der Waals surface area contributed by atoms with Crippen molar-refractivity contribution in [3.05, 3.63) is 51.6 Å². The number of rotatable bonds is 5. The van der Waals surface area contributed by atoms with E-state index in [0.717, 1.165) is 24.9 Å². The van der Waals surface area contributed by atoms with Gasteiger partial charge in [-0.2, -0.15) is 0 Å². The lowest BCUT2D eigenvalue weighted by atomic mass is 10.1. The topological polar surface area (TPSA) is 138 Å². The largest absolute Gasteiger partial charge is 0.368 e. The van der Waals surface area contributed by atoms with Crippen molar-refractivity contribution in [2.45, 2.75) is 45.2 Å². The van der Waals surface area contributed by atoms with Crippen molar-refractivity contribution >= 4 is 23.4 Å². The molecule has 2 aliphatic rings. The number of aromatic nitrogens is 2. The number of fused-ring (bicyclic) bond motifs is 1. The first-order chi connectivity index (χ1) is 14.9. The van der Waals surface area contributed by atoms with Gasteiger partial charge in [-0.3, -0.25) is 24.4 Å². The van der Waals surface area contributed by atoms with Crippen molar-refractivity contribution < 1.29 is 9.63 Å². The van der Waals surface area contributed by atoms with Crippen molar-refractivity contribution in [3.63, 3.8) is 0 Å². The number of guanidine groups is 1. The number of hydroxylamine groups is 2. The molecule has 0 spiro atoms. The Hall–Kier alpha value is -3.40. The second-order valence-corrected chi connectivity index (χ2v) is 7.94. The predicted molar refractivity (Wildman–Crippen MR) is 116 cm³/mol. The number of nitrogens with one attached hydrogen (secondary N) is 3. The highest BCUT2D eigenvalue weighted by molar-refractivity contribution is 5.76. The number of hydrogen-bond donors (Lipinski definition) is 4. The van der Waals surface area contributed by atoms with Gasteiger partial charge in [-0.05, 0) is 55.9 Å². The molecule has 164 valence electrons. The van der Waals surface area contributed by atoms with E-state index in [1.807, 2.05) is 6.07 Å². The normalized spacial score (nSPS) is 17.8. The van der Waals surface area contributed by atoms with Crippen molar-refractivity contribution in [3.8, 4) is 0 Å². The third-order valence-corrected chi connectivity index (χ3v) is 5.66. The molecule has 2 heterocycles. The minimum absolute atomic E-state index is 0.112. The van der Waals surface area contributed by atoms with Crippen molar-refractivity contribution in [1.82, 2.24) is 19.9 Å². The number of hydrogen-bond acceptors (Lipinski definition) is 6. The lowest BCUT2D eigenvalue weighted by Gasteiger charge is -2.31. The first kappa shape index (κ1) is 20.9. The molecule has 31 heavy (non-hydrogen) atoms. The molecule has 0 saturated carbocycles. The average molecular weight is 425 g/mol. The van der Waals surface area contributed by atoms with E-state index in [9.17, 15) is 9.59 Å². The zero-order chi connectivity index (χ0) is 22.0. The summed E-state index contributed by atoms with van der Waals surface area (Å²) in [5.41, 5.74) is 9.12. The Morgan fingerprint density at radius 2 is 2.16 bits per heavy atom. The summed E-state index contributed by atoms with van der Waals surface area (Å²) in [7, 11) is 0. The number of amides is 1. The molecule has 1 aromatic carbocycles. The SMILES string of the molecule is Cc1cnc(Nc2ccc3c(c2)CCC3)c(=O)n1CC(=O)NC1CCN(C(=N)N)OC1. The number of benzene rings is 1. The van der Waals surface area contributed by atoms with Gasteiger partial charge in [0.2, 0.25) is 11.9 Å². The molecule has 5 N–H and O–H groups in total. The summed E-state index contributed by atoms with van der Waals surface area (Å²) in [5, 5.41) is 14.6. The first-order valence-corrected chi connectivity index (χ1v) is 10.4. The number of nitrogens with two attached hydrogens (primary N) is 1. The molecule has 2 aromatic rings. The maximum atomic E-state index is 13.0. The summed E-state index contributed by atoms with van der Waals surface area (Å²) in [5.74, 6) is -0.258. The zero-order valence-electron chi connectivity index (χ0n) is 17.5. The highest BCUT2D eigenvalue weighted by Crippen LogP contribution is 2.25. The van der Waals surface area contributed by atoms with E-state index >= 15 is 0 Å². The molecule has 1 aliphatic heterocycles.